The van der Waals surface area contributed by atoms with Gasteiger partial charge >= 0.3 is 4.05 Å². The number of hydrogen-bond acceptors (Lipinski definition) is 7. The fourth-order valence-corrected chi connectivity index (χ4v) is 3.90. The first-order valence-electron chi connectivity index (χ1n) is 8.12. The second kappa shape index (κ2) is 11.2. The molecule has 0 bridgehead atoms. The van der Waals surface area contributed by atoms with Crippen LogP contribution in [0.25, 0.3) is 0 Å². The highest BCUT2D eigenvalue weighted by Gasteiger charge is 2.26. The van der Waals surface area contributed by atoms with Crippen molar-refractivity contribution in [1.29, 1.82) is 0 Å². The van der Waals surface area contributed by atoms with E-state index in [-0.39, 0.29) is 10.6 Å². The van der Waals surface area contributed by atoms with Crippen LogP contribution in [0.15, 0.2) is 40.8 Å². The van der Waals surface area contributed by atoms with E-state index in [0.29, 0.717) is 29.4 Å². The average molecular weight is 526 g/mol. The minimum atomic E-state index is -0.498. The Morgan fingerprint density at radius 2 is 2.04 bits per heavy atom. The van der Waals surface area contributed by atoms with Crippen LogP contribution < -0.4 is 26.3 Å². The minimum absolute atomic E-state index is 0.176. The molecule has 0 unspecified atom stereocenters. The van der Waals surface area contributed by atoms with E-state index in [9.17, 15) is 5.02 Å². The lowest BCUT2D eigenvalue weighted by atomic mass is 9.86. The maximum absolute atomic E-state index is 9.51. The predicted molar refractivity (Wildman–Crippen MR) is 124 cm³/mol. The molecule has 0 atom stereocenters. The van der Waals surface area contributed by atoms with Gasteiger partial charge in [-0.15, -0.1) is 0 Å². The third-order valence-electron chi connectivity index (χ3n) is 3.85. The minimum Gasteiger partial charge on any atom is -0.497 e. The molecule has 0 heterocycles. The average Bonchev–Trinajstić information content (AvgIpc) is 2.62. The van der Waals surface area contributed by atoms with Crippen molar-refractivity contribution < 1.29 is 14.5 Å². The maximum Gasteiger partial charge on any atom is 0.432 e. The molecular weight excluding hydrogens is 499 g/mol. The van der Waals surface area contributed by atoms with Crippen LogP contribution >= 0.6 is 45.6 Å². The first-order chi connectivity index (χ1) is 12.6. The molecule has 0 aromatic heterocycles. The number of allylic oxidation sites excluding steroid dienone is 2. The highest BCUT2D eigenvalue weighted by Crippen LogP contribution is 2.35. The van der Waals surface area contributed by atoms with Gasteiger partial charge in [-0.1, -0.05) is 47.8 Å². The van der Waals surface area contributed by atoms with Crippen LogP contribution in [0.1, 0.15) is 19.4 Å². The largest absolute Gasteiger partial charge is 0.497 e. The molecule has 0 aliphatic rings. The molecule has 0 amide bonds. The van der Waals surface area contributed by atoms with Crippen molar-refractivity contribution >= 4 is 49.6 Å². The fraction of sp³-hybridized carbons (Fsp3) is 0.412. The van der Waals surface area contributed by atoms with Crippen LogP contribution in [0.5, 0.6) is 11.5 Å². The number of methoxy groups -OCH3 is 2. The molecule has 150 valence electrons. The summed E-state index contributed by atoms with van der Waals surface area (Å²) in [4.78, 5) is 0. The molecule has 1 aromatic rings. The second-order valence-corrected chi connectivity index (χ2v) is 9.88. The lowest BCUT2D eigenvalue weighted by molar-refractivity contribution is 0.390. The van der Waals surface area contributed by atoms with Crippen molar-refractivity contribution in [1.82, 2.24) is 5.32 Å². The molecule has 10 heteroatoms. The standard InChI is InChI=1S/C17H26BClIN3O3S/c1-17(2,10-27-18(20)24)13(16(19)22)8-15(21)23-9-11-5-6-12(25-3)7-14(11)26-4/h5-8,23-24H,9-10,21-22H2,1-4H3/b15-8+,16-13+. The zero-order valence-electron chi connectivity index (χ0n) is 15.9. The number of halogens is 2. The van der Waals surface area contributed by atoms with Crippen molar-refractivity contribution in [2.45, 2.75) is 20.4 Å². The zero-order valence-corrected chi connectivity index (χ0v) is 19.6. The number of nitrogens with one attached hydrogen (secondary N) is 1. The number of nitrogens with two attached hydrogens (primary N) is 2. The molecule has 0 fully saturated rings. The van der Waals surface area contributed by atoms with Crippen LogP contribution in [0, 0.1) is 5.41 Å². The first-order valence-corrected chi connectivity index (χ1v) is 10.8. The van der Waals surface area contributed by atoms with E-state index in [2.05, 4.69) is 5.32 Å². The van der Waals surface area contributed by atoms with Crippen LogP contribution in [-0.2, 0) is 6.54 Å². The Morgan fingerprint density at radius 3 is 2.56 bits per heavy atom. The Bertz CT molecular complexity index is 698. The molecule has 0 saturated heterocycles. The van der Waals surface area contributed by atoms with Crippen molar-refractivity contribution in [3.8, 4) is 11.5 Å². The Balaban J connectivity index is 2.91. The van der Waals surface area contributed by atoms with E-state index in [1.165, 1.54) is 11.6 Å². The Morgan fingerprint density at radius 1 is 1.37 bits per heavy atom. The summed E-state index contributed by atoms with van der Waals surface area (Å²) in [7, 11) is 3.21. The summed E-state index contributed by atoms with van der Waals surface area (Å²) in [5, 5.41) is 12.8. The molecule has 0 radical (unpaired) electrons. The van der Waals surface area contributed by atoms with E-state index in [1.807, 2.05) is 54.4 Å². The third-order valence-corrected chi connectivity index (χ3v) is 6.29. The molecule has 0 aliphatic carbocycles. The fourth-order valence-electron chi connectivity index (χ4n) is 2.34. The second-order valence-electron chi connectivity index (χ2n) is 6.38. The normalized spacial score (nSPS) is 13.1. The van der Waals surface area contributed by atoms with E-state index in [1.54, 1.807) is 20.3 Å². The zero-order chi connectivity index (χ0) is 20.6. The van der Waals surface area contributed by atoms with Gasteiger partial charge in [0.05, 0.1) is 20.0 Å². The van der Waals surface area contributed by atoms with Crippen LogP contribution in [0.4, 0.5) is 0 Å². The van der Waals surface area contributed by atoms with Gasteiger partial charge in [-0.3, -0.25) is 0 Å². The highest BCUT2D eigenvalue weighted by atomic mass is 127. The molecule has 0 spiro atoms. The Kier molecular flexibility index (Phi) is 10.00. The smallest absolute Gasteiger partial charge is 0.432 e. The van der Waals surface area contributed by atoms with Gasteiger partial charge in [0.15, 0.2) is 0 Å². The molecule has 0 aliphatic heterocycles. The van der Waals surface area contributed by atoms with Gasteiger partial charge in [0, 0.05) is 23.6 Å². The van der Waals surface area contributed by atoms with Crippen LogP contribution in [0.3, 0.4) is 0 Å². The summed E-state index contributed by atoms with van der Waals surface area (Å²) in [6.45, 7) is 4.46. The van der Waals surface area contributed by atoms with Crippen LogP contribution in [-0.4, -0.2) is 29.0 Å². The van der Waals surface area contributed by atoms with Gasteiger partial charge in [-0.25, -0.2) is 0 Å². The predicted octanol–water partition coefficient (Wildman–Crippen LogP) is 3.17. The summed E-state index contributed by atoms with van der Waals surface area (Å²) < 4.78 is 10.1. The van der Waals surface area contributed by atoms with E-state index in [4.69, 9.17) is 32.5 Å². The number of benzene rings is 1. The Labute approximate surface area is 183 Å². The highest BCUT2D eigenvalue weighted by molar-refractivity contribution is 14.1. The monoisotopic (exact) mass is 525 g/mol. The molecule has 27 heavy (non-hydrogen) atoms. The van der Waals surface area contributed by atoms with Gasteiger partial charge in [0.2, 0.25) is 0 Å². The van der Waals surface area contributed by atoms with E-state index >= 15 is 0 Å². The molecule has 1 aromatic carbocycles. The molecular formula is C17H26BClIN3O3S. The number of rotatable bonds is 10. The molecule has 6 N–H and O–H groups in total. The van der Waals surface area contributed by atoms with Crippen molar-refractivity contribution in [2.75, 3.05) is 20.0 Å². The Hall–Kier alpha value is -0.905. The molecule has 1 rings (SSSR count). The van der Waals surface area contributed by atoms with Crippen molar-refractivity contribution in [3.05, 3.63) is 46.4 Å². The first kappa shape index (κ1) is 24.1. The van der Waals surface area contributed by atoms with Gasteiger partial charge in [-0.05, 0) is 29.5 Å². The lowest BCUT2D eigenvalue weighted by Crippen LogP contribution is -2.25. The summed E-state index contributed by atoms with van der Waals surface area (Å²) >= 11 is 9.46. The summed E-state index contributed by atoms with van der Waals surface area (Å²) in [6, 6.07) is 5.58. The van der Waals surface area contributed by atoms with Crippen molar-refractivity contribution in [2.24, 2.45) is 16.9 Å². The third kappa shape index (κ3) is 7.93. The SMILES string of the molecule is COc1ccc(CN/C(N)=C/C(=C(\N)Cl)C(C)(C)CSB(O)I)c(OC)c1. The molecule has 0 saturated carbocycles. The topological polar surface area (TPSA) is 103 Å². The summed E-state index contributed by atoms with van der Waals surface area (Å²) in [6.07, 6.45) is 1.73. The van der Waals surface area contributed by atoms with Gasteiger partial charge in [0.1, 0.15) is 16.7 Å². The van der Waals surface area contributed by atoms with Gasteiger partial charge in [0.25, 0.3) is 0 Å². The van der Waals surface area contributed by atoms with Gasteiger partial charge < -0.3 is 31.3 Å². The summed E-state index contributed by atoms with van der Waals surface area (Å²) in [5.74, 6) is 2.49. The molecule has 6 nitrogen and oxygen atoms in total. The quantitative estimate of drug-likeness (QED) is 0.161. The number of ether oxygens (including phenoxy) is 2. The van der Waals surface area contributed by atoms with Crippen LogP contribution in [0.2, 0.25) is 0 Å². The van der Waals surface area contributed by atoms with Gasteiger partial charge in [-0.2, -0.15) is 11.6 Å². The lowest BCUT2D eigenvalue weighted by Gasteiger charge is -2.27. The van der Waals surface area contributed by atoms with E-state index < -0.39 is 4.05 Å². The maximum atomic E-state index is 9.51. The van der Waals surface area contributed by atoms with Crippen molar-refractivity contribution in [3.63, 3.8) is 0 Å². The number of hydrogen-bond donors (Lipinski definition) is 4. The summed E-state index contributed by atoms with van der Waals surface area (Å²) in [5.41, 5.74) is 13.3. The van der Waals surface area contributed by atoms with E-state index in [0.717, 1.165) is 11.3 Å².